The molecular formula is C49H82O17P2. The summed E-state index contributed by atoms with van der Waals surface area (Å²) in [5.41, 5.74) is 0. The highest BCUT2D eigenvalue weighted by molar-refractivity contribution is 7.47. The van der Waals surface area contributed by atoms with Crippen molar-refractivity contribution in [2.75, 3.05) is 13.2 Å². The van der Waals surface area contributed by atoms with E-state index in [0.29, 0.717) is 25.7 Å². The average Bonchev–Trinajstić information content (AvgIpc) is 3.28. The zero-order valence-electron chi connectivity index (χ0n) is 40.1. The molecule has 1 fully saturated rings. The standard InChI is InChI=1S/C49H82O17P2/c1-3-4-5-6-7-8-9-10-11-12-15-18-21-24-27-30-33-36-42(51)62-38-41(39-63-68(60,61)66-49-46(55)44(53)45(54)48(47(49)56)65-67(57,58)59)64-43(52)37-34-31-28-25-22-19-16-13-14-17-20-23-26-29-32-35-40(2)50/h7-8,10-11,14-19,23,25-26,28,40-41,44-50,53-56H,3-6,9,12-13,20-22,24,27,29-39H2,1-2H3,(H,60,61)(H2,57,58,59)/b8-7-,11-10-,17-14-,18-15-,19-16-,26-23-,28-25-/t40-,41+,44?,45?,46?,47?,48+,49-/m0/s1. The van der Waals surface area contributed by atoms with Gasteiger partial charge in [-0.2, -0.15) is 0 Å². The van der Waals surface area contributed by atoms with Crippen LogP contribution >= 0.6 is 15.6 Å². The first kappa shape index (κ1) is 63.2. The monoisotopic (exact) mass is 1000 g/mol. The average molecular weight is 1010 g/mol. The predicted octanol–water partition coefficient (Wildman–Crippen LogP) is 8.36. The Kier molecular flexibility index (Phi) is 36.1. The molecule has 0 heterocycles. The number of hydrogen-bond donors (Lipinski definition) is 8. The first-order valence-corrected chi connectivity index (χ1v) is 27.2. The number of phosphoric acid groups is 2. The molecule has 8 N–H and O–H groups in total. The molecule has 1 rings (SSSR count). The summed E-state index contributed by atoms with van der Waals surface area (Å²) in [4.78, 5) is 54.3. The fourth-order valence-corrected chi connectivity index (χ4v) is 8.23. The van der Waals surface area contributed by atoms with Gasteiger partial charge < -0.3 is 49.7 Å². The molecule has 0 aliphatic heterocycles. The maximum absolute atomic E-state index is 13.0. The fraction of sp³-hybridized carbons (Fsp3) is 0.673. The third-order valence-corrected chi connectivity index (χ3v) is 12.0. The van der Waals surface area contributed by atoms with Crippen molar-refractivity contribution in [2.24, 2.45) is 0 Å². The molecule has 0 saturated heterocycles. The number of aliphatic hydroxyl groups excluding tert-OH is 5. The molecule has 68 heavy (non-hydrogen) atoms. The summed E-state index contributed by atoms with van der Waals surface area (Å²) in [5.74, 6) is -1.32. The van der Waals surface area contributed by atoms with Gasteiger partial charge in [-0.25, -0.2) is 9.13 Å². The third kappa shape index (κ3) is 33.6. The van der Waals surface area contributed by atoms with E-state index in [0.717, 1.165) is 77.0 Å². The normalized spacial score (nSPS) is 22.4. The Labute approximate surface area is 404 Å². The number of unbranched alkanes of at least 4 members (excludes halogenated alkanes) is 9. The van der Waals surface area contributed by atoms with E-state index < -0.39 is 83.5 Å². The number of ether oxygens (including phenoxy) is 2. The molecule has 1 saturated carbocycles. The number of carbonyl (C=O) groups excluding carboxylic acids is 2. The van der Waals surface area contributed by atoms with Crippen LogP contribution in [0.15, 0.2) is 85.1 Å². The number of carbonyl (C=O) groups is 2. The second-order valence-electron chi connectivity index (χ2n) is 16.8. The van der Waals surface area contributed by atoms with E-state index in [1.807, 2.05) is 18.2 Å². The van der Waals surface area contributed by atoms with E-state index >= 15 is 0 Å². The number of hydrogen-bond acceptors (Lipinski definition) is 14. The summed E-state index contributed by atoms with van der Waals surface area (Å²) >= 11 is 0. The van der Waals surface area contributed by atoms with Crippen molar-refractivity contribution in [3.8, 4) is 0 Å². The minimum atomic E-state index is -5.38. The van der Waals surface area contributed by atoms with E-state index in [-0.39, 0.29) is 18.9 Å². The molecular weight excluding hydrogens is 922 g/mol. The van der Waals surface area contributed by atoms with E-state index in [9.17, 15) is 58.9 Å². The van der Waals surface area contributed by atoms with Crippen molar-refractivity contribution in [1.82, 2.24) is 0 Å². The van der Waals surface area contributed by atoms with Crippen molar-refractivity contribution in [3.63, 3.8) is 0 Å². The van der Waals surface area contributed by atoms with Crippen LogP contribution in [0.2, 0.25) is 0 Å². The number of aliphatic hydroxyl groups is 5. The Morgan fingerprint density at radius 3 is 1.47 bits per heavy atom. The lowest BCUT2D eigenvalue weighted by molar-refractivity contribution is -0.216. The van der Waals surface area contributed by atoms with Gasteiger partial charge in [0.15, 0.2) is 6.10 Å². The molecule has 1 aliphatic rings. The smallest absolute Gasteiger partial charge is 0.462 e. The molecule has 0 radical (unpaired) electrons. The Hall–Kier alpha value is -2.86. The second kappa shape index (κ2) is 38.8. The molecule has 0 aromatic heterocycles. The van der Waals surface area contributed by atoms with Crippen LogP contribution in [0.1, 0.15) is 149 Å². The zero-order valence-corrected chi connectivity index (χ0v) is 41.9. The molecule has 0 amide bonds. The first-order chi connectivity index (χ1) is 32.5. The van der Waals surface area contributed by atoms with Crippen LogP contribution in [0.5, 0.6) is 0 Å². The minimum absolute atomic E-state index is 0.0535. The molecule has 0 bridgehead atoms. The first-order valence-electron chi connectivity index (χ1n) is 24.2. The van der Waals surface area contributed by atoms with Crippen LogP contribution in [0.25, 0.3) is 0 Å². The molecule has 5 unspecified atom stereocenters. The van der Waals surface area contributed by atoms with E-state index in [1.165, 1.54) is 19.3 Å². The van der Waals surface area contributed by atoms with Crippen LogP contribution in [0.4, 0.5) is 0 Å². The highest BCUT2D eigenvalue weighted by atomic mass is 31.2. The van der Waals surface area contributed by atoms with E-state index in [2.05, 4.69) is 78.3 Å². The van der Waals surface area contributed by atoms with Gasteiger partial charge in [0.05, 0.1) is 12.7 Å². The summed E-state index contributed by atoms with van der Waals surface area (Å²) in [6, 6.07) is 0. The molecule has 19 heteroatoms. The summed E-state index contributed by atoms with van der Waals surface area (Å²) in [5, 5.41) is 50.5. The maximum atomic E-state index is 13.0. The van der Waals surface area contributed by atoms with Crippen LogP contribution in [0.3, 0.4) is 0 Å². The van der Waals surface area contributed by atoms with Gasteiger partial charge in [0, 0.05) is 12.8 Å². The Morgan fingerprint density at radius 2 is 0.971 bits per heavy atom. The fourth-order valence-electron chi connectivity index (χ4n) is 6.69. The SMILES string of the molecule is CCCCC/C=C\C/C=C\C/C=C\CCCCCCC(=O)OC[C@H](COP(=O)(O)O[C@H]1C(O)C(O)C(O)[C@@H](OP(=O)(O)O)C1O)OC(=O)CCC/C=C\C/C=C\C/C=C\C/C=C\CCC[C@H](C)O. The van der Waals surface area contributed by atoms with Crippen molar-refractivity contribution >= 4 is 27.6 Å². The molecule has 0 aromatic rings. The number of rotatable bonds is 39. The van der Waals surface area contributed by atoms with Gasteiger partial charge in [0.2, 0.25) is 0 Å². The van der Waals surface area contributed by atoms with Gasteiger partial charge >= 0.3 is 27.6 Å². The van der Waals surface area contributed by atoms with Crippen LogP contribution in [-0.4, -0.2) is 114 Å². The lowest BCUT2D eigenvalue weighted by Gasteiger charge is -2.43. The molecule has 17 nitrogen and oxygen atoms in total. The van der Waals surface area contributed by atoms with Crippen molar-refractivity contribution in [3.05, 3.63) is 85.1 Å². The van der Waals surface area contributed by atoms with Crippen LogP contribution in [-0.2, 0) is 41.8 Å². The lowest BCUT2D eigenvalue weighted by Crippen LogP contribution is -2.64. The number of esters is 2. The third-order valence-electron chi connectivity index (χ3n) is 10.5. The van der Waals surface area contributed by atoms with Crippen LogP contribution in [0, 0.1) is 0 Å². The number of phosphoric ester groups is 2. The van der Waals surface area contributed by atoms with Gasteiger partial charge in [-0.1, -0.05) is 118 Å². The van der Waals surface area contributed by atoms with Gasteiger partial charge in [-0.05, 0) is 103 Å². The summed E-state index contributed by atoms with van der Waals surface area (Å²) in [6.07, 6.45) is 31.0. The second-order valence-corrected chi connectivity index (χ2v) is 19.3. The minimum Gasteiger partial charge on any atom is -0.462 e. The molecule has 1 aliphatic carbocycles. The van der Waals surface area contributed by atoms with Crippen LogP contribution < -0.4 is 0 Å². The van der Waals surface area contributed by atoms with Crippen molar-refractivity contribution in [1.29, 1.82) is 0 Å². The Morgan fingerprint density at radius 1 is 0.529 bits per heavy atom. The largest absolute Gasteiger partial charge is 0.472 e. The molecule has 0 aromatic carbocycles. The quantitative estimate of drug-likeness (QED) is 0.0124. The summed E-state index contributed by atoms with van der Waals surface area (Å²) < 4.78 is 49.3. The highest BCUT2D eigenvalue weighted by Gasteiger charge is 2.54. The molecule has 0 spiro atoms. The Balaban J connectivity index is 2.65. The number of allylic oxidation sites excluding steroid dienone is 14. The highest BCUT2D eigenvalue weighted by Crippen LogP contribution is 2.49. The van der Waals surface area contributed by atoms with Gasteiger partial charge in [-0.15, -0.1) is 0 Å². The summed E-state index contributed by atoms with van der Waals surface area (Å²) in [7, 11) is -10.7. The van der Waals surface area contributed by atoms with Crippen molar-refractivity contribution in [2.45, 2.75) is 198 Å². The zero-order chi connectivity index (χ0) is 50.5. The Bertz CT molecular complexity index is 1650. The lowest BCUT2D eigenvalue weighted by atomic mass is 9.85. The molecule has 9 atom stereocenters. The van der Waals surface area contributed by atoms with E-state index in [1.54, 1.807) is 6.92 Å². The van der Waals surface area contributed by atoms with Gasteiger partial charge in [0.1, 0.15) is 43.2 Å². The van der Waals surface area contributed by atoms with Crippen molar-refractivity contribution < 1.29 is 82.0 Å². The van der Waals surface area contributed by atoms with Gasteiger partial charge in [0.25, 0.3) is 0 Å². The maximum Gasteiger partial charge on any atom is 0.472 e. The molecule has 390 valence electrons. The van der Waals surface area contributed by atoms with Gasteiger partial charge in [-0.3, -0.25) is 23.2 Å². The summed E-state index contributed by atoms with van der Waals surface area (Å²) in [6.45, 7) is 2.56. The predicted molar refractivity (Wildman–Crippen MR) is 261 cm³/mol. The topological polar surface area (TPSA) is 276 Å². The van der Waals surface area contributed by atoms with E-state index in [4.69, 9.17) is 18.5 Å².